The van der Waals surface area contributed by atoms with Crippen LogP contribution in [0, 0.1) is 18.8 Å². The molecule has 1 saturated heterocycles. The van der Waals surface area contributed by atoms with Gasteiger partial charge in [-0.25, -0.2) is 0 Å². The number of nitrogens with zero attached hydrogens (tertiary/aromatic N) is 1. The van der Waals surface area contributed by atoms with E-state index in [1.807, 2.05) is 18.2 Å². The molecule has 3 aromatic rings. The summed E-state index contributed by atoms with van der Waals surface area (Å²) in [7, 11) is 0. The lowest BCUT2D eigenvalue weighted by Crippen LogP contribution is -2.38. The van der Waals surface area contributed by atoms with Crippen LogP contribution in [0.5, 0.6) is 5.75 Å². The molecule has 1 aliphatic heterocycles. The SMILES string of the molecule is Cc1c(C#Cc2ccc(CNCCO)c(OCCN3CCOCC3)c2)cccc1-c1ccccc1. The minimum atomic E-state index is 0.109. The number of benzene rings is 3. The van der Waals surface area contributed by atoms with Gasteiger partial charge in [0, 0.05) is 49.4 Å². The third-order valence-electron chi connectivity index (χ3n) is 6.20. The lowest BCUT2D eigenvalue weighted by Gasteiger charge is -2.26. The van der Waals surface area contributed by atoms with Gasteiger partial charge < -0.3 is 19.9 Å². The number of hydrogen-bond donors (Lipinski definition) is 2. The van der Waals surface area contributed by atoms with Gasteiger partial charge in [0.1, 0.15) is 12.4 Å². The molecule has 4 rings (SSSR count). The predicted molar refractivity (Wildman–Crippen MR) is 141 cm³/mol. The number of rotatable bonds is 9. The van der Waals surface area contributed by atoms with Gasteiger partial charge in [-0.05, 0) is 41.8 Å². The smallest absolute Gasteiger partial charge is 0.125 e. The fourth-order valence-electron chi connectivity index (χ4n) is 4.17. The highest BCUT2D eigenvalue weighted by atomic mass is 16.5. The molecule has 0 spiro atoms. The standard InChI is InChI=1S/C30H34N2O3/c1-24-26(8-5-9-29(24)27-6-3-2-4-7-27)12-10-25-11-13-28(23-31-14-18-33)30(22-25)35-21-17-32-15-19-34-20-16-32/h2-9,11,13,22,31,33H,14-21,23H2,1H3. The number of morpholine rings is 1. The van der Waals surface area contributed by atoms with Crippen LogP contribution in [0.3, 0.4) is 0 Å². The summed E-state index contributed by atoms with van der Waals surface area (Å²) in [6.45, 7) is 8.36. The van der Waals surface area contributed by atoms with Gasteiger partial charge in [0.15, 0.2) is 0 Å². The van der Waals surface area contributed by atoms with Crippen LogP contribution >= 0.6 is 0 Å². The highest BCUT2D eigenvalue weighted by molar-refractivity contribution is 5.70. The van der Waals surface area contributed by atoms with E-state index in [2.05, 4.69) is 77.5 Å². The van der Waals surface area contributed by atoms with Gasteiger partial charge in [0.05, 0.1) is 19.8 Å². The Labute approximate surface area is 208 Å². The lowest BCUT2D eigenvalue weighted by atomic mass is 9.96. The maximum absolute atomic E-state index is 9.11. The monoisotopic (exact) mass is 470 g/mol. The van der Waals surface area contributed by atoms with Crippen molar-refractivity contribution in [1.29, 1.82) is 0 Å². The molecule has 0 saturated carbocycles. The van der Waals surface area contributed by atoms with Gasteiger partial charge >= 0.3 is 0 Å². The first-order chi connectivity index (χ1) is 17.2. The zero-order chi connectivity index (χ0) is 24.3. The number of hydrogen-bond acceptors (Lipinski definition) is 5. The molecule has 0 amide bonds. The predicted octanol–water partition coefficient (Wildman–Crippen LogP) is 3.85. The van der Waals surface area contributed by atoms with Crippen LogP contribution < -0.4 is 10.1 Å². The van der Waals surface area contributed by atoms with Crippen molar-refractivity contribution < 1.29 is 14.6 Å². The number of ether oxygens (including phenoxy) is 2. The zero-order valence-corrected chi connectivity index (χ0v) is 20.4. The maximum atomic E-state index is 9.11. The molecule has 0 atom stereocenters. The summed E-state index contributed by atoms with van der Waals surface area (Å²) in [4.78, 5) is 2.36. The van der Waals surface area contributed by atoms with Crippen LogP contribution in [0.15, 0.2) is 66.7 Å². The molecule has 1 aliphatic rings. The van der Waals surface area contributed by atoms with Crippen molar-refractivity contribution in [1.82, 2.24) is 10.2 Å². The molecular formula is C30H34N2O3. The Morgan fingerprint density at radius 2 is 1.83 bits per heavy atom. The van der Waals surface area contributed by atoms with Crippen molar-refractivity contribution in [2.75, 3.05) is 52.6 Å². The highest BCUT2D eigenvalue weighted by Crippen LogP contribution is 2.25. The molecule has 0 bridgehead atoms. The fraction of sp³-hybridized carbons (Fsp3) is 0.333. The number of nitrogens with one attached hydrogen (secondary N) is 1. The van der Waals surface area contributed by atoms with Crippen LogP contribution in [0.1, 0.15) is 22.3 Å². The molecular weight excluding hydrogens is 436 g/mol. The van der Waals surface area contributed by atoms with Gasteiger partial charge in [-0.1, -0.05) is 60.4 Å². The summed E-state index contributed by atoms with van der Waals surface area (Å²) >= 11 is 0. The normalized spacial score (nSPS) is 13.8. The summed E-state index contributed by atoms with van der Waals surface area (Å²) in [6, 6.07) is 22.8. The third-order valence-corrected chi connectivity index (χ3v) is 6.20. The van der Waals surface area contributed by atoms with Crippen LogP contribution in [-0.4, -0.2) is 62.6 Å². The maximum Gasteiger partial charge on any atom is 0.125 e. The van der Waals surface area contributed by atoms with E-state index < -0.39 is 0 Å². The summed E-state index contributed by atoms with van der Waals surface area (Å²) in [6.07, 6.45) is 0. The number of aliphatic hydroxyl groups is 1. The van der Waals surface area contributed by atoms with Gasteiger partial charge in [-0.3, -0.25) is 4.90 Å². The van der Waals surface area contributed by atoms with Crippen molar-refractivity contribution in [3.63, 3.8) is 0 Å². The summed E-state index contributed by atoms with van der Waals surface area (Å²) in [5.41, 5.74) is 6.59. The second-order valence-corrected chi connectivity index (χ2v) is 8.62. The second kappa shape index (κ2) is 13.1. The Kier molecular flexibility index (Phi) is 9.33. The van der Waals surface area contributed by atoms with Crippen molar-refractivity contribution in [2.45, 2.75) is 13.5 Å². The van der Waals surface area contributed by atoms with Crippen molar-refractivity contribution in [3.8, 4) is 28.7 Å². The molecule has 35 heavy (non-hydrogen) atoms. The molecule has 3 aromatic carbocycles. The summed E-state index contributed by atoms with van der Waals surface area (Å²) in [5, 5.41) is 12.4. The largest absolute Gasteiger partial charge is 0.492 e. The average Bonchev–Trinajstić information content (AvgIpc) is 2.90. The van der Waals surface area contributed by atoms with Crippen molar-refractivity contribution in [2.24, 2.45) is 0 Å². The zero-order valence-electron chi connectivity index (χ0n) is 20.4. The Morgan fingerprint density at radius 1 is 1.00 bits per heavy atom. The first-order valence-corrected chi connectivity index (χ1v) is 12.3. The van der Waals surface area contributed by atoms with E-state index in [1.54, 1.807) is 0 Å². The molecule has 0 radical (unpaired) electrons. The molecule has 2 N–H and O–H groups in total. The lowest BCUT2D eigenvalue weighted by molar-refractivity contribution is 0.0322. The molecule has 0 aromatic heterocycles. The minimum Gasteiger partial charge on any atom is -0.492 e. The highest BCUT2D eigenvalue weighted by Gasteiger charge is 2.11. The average molecular weight is 471 g/mol. The van der Waals surface area contributed by atoms with Gasteiger partial charge in [0.25, 0.3) is 0 Å². The Hall–Kier alpha value is -3.14. The van der Waals surface area contributed by atoms with E-state index in [0.717, 1.165) is 55.3 Å². The van der Waals surface area contributed by atoms with E-state index in [9.17, 15) is 0 Å². The molecule has 5 heteroatoms. The Morgan fingerprint density at radius 3 is 2.63 bits per heavy atom. The Balaban J connectivity index is 1.51. The molecule has 1 heterocycles. The topological polar surface area (TPSA) is 54.0 Å². The summed E-state index contributed by atoms with van der Waals surface area (Å²) < 4.78 is 11.6. The van der Waals surface area contributed by atoms with E-state index in [4.69, 9.17) is 14.6 Å². The first kappa shape index (κ1) is 25.0. The van der Waals surface area contributed by atoms with E-state index in [-0.39, 0.29) is 6.61 Å². The van der Waals surface area contributed by atoms with Crippen LogP contribution in [0.2, 0.25) is 0 Å². The fourth-order valence-corrected chi connectivity index (χ4v) is 4.17. The molecule has 0 unspecified atom stereocenters. The first-order valence-electron chi connectivity index (χ1n) is 12.3. The third kappa shape index (κ3) is 7.17. The van der Waals surface area contributed by atoms with Gasteiger partial charge in [0.2, 0.25) is 0 Å². The van der Waals surface area contributed by atoms with Crippen LogP contribution in [0.25, 0.3) is 11.1 Å². The quantitative estimate of drug-likeness (QED) is 0.368. The molecule has 1 fully saturated rings. The van der Waals surface area contributed by atoms with Crippen molar-refractivity contribution >= 4 is 0 Å². The van der Waals surface area contributed by atoms with Crippen molar-refractivity contribution in [3.05, 3.63) is 89.0 Å². The second-order valence-electron chi connectivity index (χ2n) is 8.62. The van der Waals surface area contributed by atoms with Crippen LogP contribution in [-0.2, 0) is 11.3 Å². The molecule has 0 aliphatic carbocycles. The minimum absolute atomic E-state index is 0.109. The number of aliphatic hydroxyl groups excluding tert-OH is 1. The van der Waals surface area contributed by atoms with Gasteiger partial charge in [-0.2, -0.15) is 0 Å². The van der Waals surface area contributed by atoms with E-state index in [0.29, 0.717) is 19.7 Å². The van der Waals surface area contributed by atoms with E-state index >= 15 is 0 Å². The molecule has 5 nitrogen and oxygen atoms in total. The van der Waals surface area contributed by atoms with Gasteiger partial charge in [-0.15, -0.1) is 0 Å². The van der Waals surface area contributed by atoms with Crippen LogP contribution in [0.4, 0.5) is 0 Å². The Bertz CT molecular complexity index is 1150. The van der Waals surface area contributed by atoms with E-state index in [1.165, 1.54) is 16.7 Å². The summed E-state index contributed by atoms with van der Waals surface area (Å²) in [5.74, 6) is 7.55. The molecule has 182 valence electrons.